The van der Waals surface area contributed by atoms with Gasteiger partial charge in [-0.1, -0.05) is 38.7 Å². The quantitative estimate of drug-likeness (QED) is 0.393. The molecule has 0 bridgehead atoms. The van der Waals surface area contributed by atoms with E-state index in [0.717, 1.165) is 24.2 Å². The number of pyridine rings is 1. The molecule has 0 aliphatic heterocycles. The molecule has 0 atom stereocenters. The van der Waals surface area contributed by atoms with Gasteiger partial charge in [-0.15, -0.1) is 0 Å². The number of rotatable bonds is 9. The van der Waals surface area contributed by atoms with E-state index >= 15 is 0 Å². The number of esters is 1. The van der Waals surface area contributed by atoms with Gasteiger partial charge in [0.25, 0.3) is 5.56 Å². The molecule has 0 unspecified atom stereocenters. The minimum absolute atomic E-state index is 0.0123. The first-order chi connectivity index (χ1) is 14.1. The Hall–Kier alpha value is -3.15. The third-order valence-electron chi connectivity index (χ3n) is 4.67. The average Bonchev–Trinajstić information content (AvgIpc) is 2.72. The topological polar surface area (TPSA) is 69.9 Å². The average molecular weight is 394 g/mol. The number of carbonyl (C=O) groups excluding carboxylic acids is 1. The summed E-state index contributed by atoms with van der Waals surface area (Å²) in [5.74, 6) is 0.136. The zero-order chi connectivity index (χ0) is 20.6. The summed E-state index contributed by atoms with van der Waals surface area (Å²) < 4.78 is 12.4. The van der Waals surface area contributed by atoms with Crippen LogP contribution >= 0.6 is 0 Å². The summed E-state index contributed by atoms with van der Waals surface area (Å²) in [4.78, 5) is 28.9. The fraction of sp³-hybridized carbons (Fsp3) is 0.348. The van der Waals surface area contributed by atoms with Crippen LogP contribution in [0.2, 0.25) is 0 Å². The number of hydrogen-bond acceptors (Lipinski definition) is 5. The van der Waals surface area contributed by atoms with E-state index in [2.05, 4.69) is 11.9 Å². The first-order valence-corrected chi connectivity index (χ1v) is 10.0. The smallest absolute Gasteiger partial charge is 0.344 e. The highest BCUT2D eigenvalue weighted by atomic mass is 16.5. The molecule has 3 aromatic rings. The SMILES string of the molecule is CCCCCCCOc1ccc(C(=O)Oc2cc(=O)n3cccc(C)c3n2)cc1. The lowest BCUT2D eigenvalue weighted by Crippen LogP contribution is -2.17. The van der Waals surface area contributed by atoms with Gasteiger partial charge in [0, 0.05) is 6.20 Å². The number of benzene rings is 1. The van der Waals surface area contributed by atoms with Gasteiger partial charge in [0.05, 0.1) is 18.2 Å². The van der Waals surface area contributed by atoms with Gasteiger partial charge in [-0.2, -0.15) is 4.98 Å². The van der Waals surface area contributed by atoms with E-state index in [-0.39, 0.29) is 11.4 Å². The molecule has 6 nitrogen and oxygen atoms in total. The van der Waals surface area contributed by atoms with Gasteiger partial charge >= 0.3 is 5.97 Å². The second-order valence-corrected chi connectivity index (χ2v) is 6.99. The van der Waals surface area contributed by atoms with Crippen LogP contribution in [0.5, 0.6) is 11.6 Å². The first kappa shape index (κ1) is 20.6. The van der Waals surface area contributed by atoms with E-state index in [1.54, 1.807) is 36.5 Å². The Labute approximate surface area is 170 Å². The lowest BCUT2D eigenvalue weighted by Gasteiger charge is -2.08. The number of carbonyl (C=O) groups is 1. The Morgan fingerprint density at radius 1 is 1.07 bits per heavy atom. The van der Waals surface area contributed by atoms with Crippen LogP contribution in [-0.4, -0.2) is 22.0 Å². The van der Waals surface area contributed by atoms with Gasteiger partial charge < -0.3 is 9.47 Å². The molecule has 0 amide bonds. The number of ether oxygens (including phenoxy) is 2. The van der Waals surface area contributed by atoms with Gasteiger partial charge in [-0.25, -0.2) is 4.79 Å². The fourth-order valence-electron chi connectivity index (χ4n) is 3.03. The van der Waals surface area contributed by atoms with Crippen LogP contribution < -0.4 is 15.0 Å². The van der Waals surface area contributed by atoms with Gasteiger partial charge in [-0.3, -0.25) is 9.20 Å². The van der Waals surface area contributed by atoms with Crippen LogP contribution in [-0.2, 0) is 0 Å². The Morgan fingerprint density at radius 3 is 2.59 bits per heavy atom. The molecule has 0 aliphatic rings. The molecule has 0 saturated carbocycles. The molecule has 2 heterocycles. The highest BCUT2D eigenvalue weighted by molar-refractivity contribution is 5.91. The zero-order valence-corrected chi connectivity index (χ0v) is 16.9. The predicted octanol–water partition coefficient (Wildman–Crippen LogP) is 4.57. The summed E-state index contributed by atoms with van der Waals surface area (Å²) in [5.41, 5.74) is 1.35. The largest absolute Gasteiger partial charge is 0.494 e. The highest BCUT2D eigenvalue weighted by Gasteiger charge is 2.12. The number of unbranched alkanes of at least 4 members (excludes halogenated alkanes) is 4. The Bertz CT molecular complexity index is 1030. The minimum Gasteiger partial charge on any atom is -0.494 e. The van der Waals surface area contributed by atoms with Crippen molar-refractivity contribution in [3.63, 3.8) is 0 Å². The van der Waals surface area contributed by atoms with Crippen LogP contribution in [0, 0.1) is 6.92 Å². The third kappa shape index (κ3) is 5.44. The van der Waals surface area contributed by atoms with Gasteiger partial charge in [0.15, 0.2) is 0 Å². The fourth-order valence-corrected chi connectivity index (χ4v) is 3.03. The van der Waals surface area contributed by atoms with E-state index < -0.39 is 5.97 Å². The molecule has 6 heteroatoms. The maximum atomic E-state index is 12.4. The van der Waals surface area contributed by atoms with Crippen molar-refractivity contribution in [1.82, 2.24) is 9.38 Å². The number of aryl methyl sites for hydroxylation is 1. The molecule has 0 spiro atoms. The van der Waals surface area contributed by atoms with Crippen molar-refractivity contribution in [3.8, 4) is 11.6 Å². The van der Waals surface area contributed by atoms with Crippen LogP contribution in [0.1, 0.15) is 54.9 Å². The van der Waals surface area contributed by atoms with Gasteiger partial charge in [0.2, 0.25) is 5.88 Å². The molecule has 152 valence electrons. The van der Waals surface area contributed by atoms with Crippen molar-refractivity contribution in [1.29, 1.82) is 0 Å². The van der Waals surface area contributed by atoms with E-state index in [9.17, 15) is 9.59 Å². The Kier molecular flexibility index (Phi) is 7.00. The highest BCUT2D eigenvalue weighted by Crippen LogP contribution is 2.16. The second kappa shape index (κ2) is 9.87. The molecular weight excluding hydrogens is 368 g/mol. The summed E-state index contributed by atoms with van der Waals surface area (Å²) >= 11 is 0. The lowest BCUT2D eigenvalue weighted by atomic mass is 10.2. The number of nitrogens with zero attached hydrogens (tertiary/aromatic N) is 2. The van der Waals surface area contributed by atoms with Gasteiger partial charge in [-0.05, 0) is 49.2 Å². The minimum atomic E-state index is -0.569. The summed E-state index contributed by atoms with van der Waals surface area (Å²) in [5, 5.41) is 0. The van der Waals surface area contributed by atoms with Crippen molar-refractivity contribution in [2.45, 2.75) is 46.0 Å². The lowest BCUT2D eigenvalue weighted by molar-refractivity contribution is 0.0727. The second-order valence-electron chi connectivity index (χ2n) is 6.99. The molecule has 0 saturated heterocycles. The van der Waals surface area contributed by atoms with Gasteiger partial charge in [0.1, 0.15) is 11.4 Å². The van der Waals surface area contributed by atoms with E-state index in [0.29, 0.717) is 17.8 Å². The van der Waals surface area contributed by atoms with E-state index in [4.69, 9.17) is 9.47 Å². The predicted molar refractivity (Wildman–Crippen MR) is 112 cm³/mol. The standard InChI is InChI=1S/C23H26N2O4/c1-3-4-5-6-7-15-28-19-12-10-18(11-13-19)23(27)29-20-16-21(26)25-14-8-9-17(2)22(25)24-20/h8-14,16H,3-7,15H2,1-2H3. The van der Waals surface area contributed by atoms with Crippen molar-refractivity contribution < 1.29 is 14.3 Å². The molecule has 0 fully saturated rings. The summed E-state index contributed by atoms with van der Waals surface area (Å²) in [7, 11) is 0. The molecular formula is C23H26N2O4. The third-order valence-corrected chi connectivity index (χ3v) is 4.67. The molecule has 0 radical (unpaired) electrons. The molecule has 0 aliphatic carbocycles. The first-order valence-electron chi connectivity index (χ1n) is 10.0. The molecule has 3 rings (SSSR count). The van der Waals surface area contributed by atoms with Crippen molar-refractivity contribution in [2.75, 3.05) is 6.61 Å². The van der Waals surface area contributed by atoms with E-state index in [1.165, 1.54) is 29.7 Å². The summed E-state index contributed by atoms with van der Waals surface area (Å²) in [6.45, 7) is 4.70. The summed E-state index contributed by atoms with van der Waals surface area (Å²) in [6.07, 6.45) is 7.53. The normalized spacial score (nSPS) is 10.8. The van der Waals surface area contributed by atoms with Crippen LogP contribution in [0.3, 0.4) is 0 Å². The van der Waals surface area contributed by atoms with Crippen molar-refractivity contribution in [3.05, 3.63) is 70.1 Å². The summed E-state index contributed by atoms with van der Waals surface area (Å²) in [6, 6.07) is 11.6. The Morgan fingerprint density at radius 2 is 1.83 bits per heavy atom. The van der Waals surface area contributed by atoms with E-state index in [1.807, 2.05) is 13.0 Å². The maximum Gasteiger partial charge on any atom is 0.344 e. The number of fused-ring (bicyclic) bond motifs is 1. The van der Waals surface area contributed by atoms with Crippen molar-refractivity contribution >= 4 is 11.6 Å². The molecule has 2 aromatic heterocycles. The number of aromatic nitrogens is 2. The van der Waals surface area contributed by atoms with Crippen molar-refractivity contribution in [2.24, 2.45) is 0 Å². The zero-order valence-electron chi connectivity index (χ0n) is 16.9. The molecule has 29 heavy (non-hydrogen) atoms. The van der Waals surface area contributed by atoms with Crippen LogP contribution in [0.4, 0.5) is 0 Å². The van der Waals surface area contributed by atoms with Crippen LogP contribution in [0.15, 0.2) is 53.5 Å². The molecule has 0 N–H and O–H groups in total. The maximum absolute atomic E-state index is 12.4. The molecule has 1 aromatic carbocycles. The Balaban J connectivity index is 1.60. The monoisotopic (exact) mass is 394 g/mol. The van der Waals surface area contributed by atoms with Crippen LogP contribution in [0.25, 0.3) is 5.65 Å². The number of hydrogen-bond donors (Lipinski definition) is 0.